The first-order valence-corrected chi connectivity index (χ1v) is 9.41. The smallest absolute Gasteiger partial charge is 0.302 e. The minimum absolute atomic E-state index is 0.0896. The topological polar surface area (TPSA) is 26.3 Å². The number of carbonyl (C=O) groups excluding carboxylic acids is 1. The van der Waals surface area contributed by atoms with Crippen LogP contribution < -0.4 is 0 Å². The first kappa shape index (κ1) is 18.7. The summed E-state index contributed by atoms with van der Waals surface area (Å²) in [6, 6.07) is 13.5. The second kappa shape index (κ2) is 6.26. The molecule has 0 saturated heterocycles. The lowest BCUT2D eigenvalue weighted by Crippen LogP contribution is -2.15. The lowest BCUT2D eigenvalue weighted by atomic mass is 9.83. The fourth-order valence-corrected chi connectivity index (χ4v) is 3.67. The summed E-state index contributed by atoms with van der Waals surface area (Å²) in [5, 5.41) is 0. The van der Waals surface area contributed by atoms with Crippen molar-refractivity contribution in [1.29, 1.82) is 0 Å². The van der Waals surface area contributed by atoms with Gasteiger partial charge in [0.05, 0.1) is 0 Å². The van der Waals surface area contributed by atoms with Crippen molar-refractivity contribution in [3.05, 3.63) is 58.7 Å². The van der Waals surface area contributed by atoms with Crippen LogP contribution in [0.15, 0.2) is 36.4 Å². The van der Waals surface area contributed by atoms with Gasteiger partial charge in [-0.3, -0.25) is 4.79 Å². The Labute approximate surface area is 157 Å². The minimum atomic E-state index is -0.223. The molecule has 2 aromatic rings. The lowest BCUT2D eigenvalue weighted by Gasteiger charge is -2.22. The number of carbonyl (C=O) groups is 1. The van der Waals surface area contributed by atoms with Gasteiger partial charge in [0.1, 0.15) is 6.61 Å². The number of fused-ring (bicyclic) bond motifs is 3. The second-order valence-electron chi connectivity index (χ2n) is 9.46. The highest BCUT2D eigenvalue weighted by Gasteiger charge is 2.32. The fraction of sp³-hybridized carbons (Fsp3) is 0.458. The number of hydrogen-bond acceptors (Lipinski definition) is 2. The van der Waals surface area contributed by atoms with Gasteiger partial charge in [0, 0.05) is 12.8 Å². The van der Waals surface area contributed by atoms with Gasteiger partial charge < -0.3 is 4.74 Å². The first-order valence-electron chi connectivity index (χ1n) is 9.41. The Morgan fingerprint density at radius 1 is 0.846 bits per heavy atom. The van der Waals surface area contributed by atoms with E-state index in [2.05, 4.69) is 77.9 Å². The van der Waals surface area contributed by atoms with Gasteiger partial charge in [0.2, 0.25) is 0 Å². The summed E-state index contributed by atoms with van der Waals surface area (Å²) in [4.78, 5) is 11.5. The van der Waals surface area contributed by atoms with E-state index in [4.69, 9.17) is 4.74 Å². The predicted octanol–water partition coefficient (Wildman–Crippen LogP) is 5.96. The van der Waals surface area contributed by atoms with Gasteiger partial charge in [-0.2, -0.15) is 0 Å². The summed E-state index contributed by atoms with van der Waals surface area (Å²) in [6.07, 6.45) is 0. The molecule has 0 heterocycles. The van der Waals surface area contributed by atoms with Gasteiger partial charge in [-0.1, -0.05) is 77.9 Å². The normalized spacial score (nSPS) is 14.1. The highest BCUT2D eigenvalue weighted by molar-refractivity contribution is 5.80. The fourth-order valence-electron chi connectivity index (χ4n) is 3.67. The van der Waals surface area contributed by atoms with Crippen molar-refractivity contribution in [2.24, 2.45) is 0 Å². The zero-order valence-electron chi connectivity index (χ0n) is 17.1. The zero-order valence-corrected chi connectivity index (χ0v) is 17.1. The molecule has 0 fully saturated rings. The Balaban J connectivity index is 2.14. The summed E-state index contributed by atoms with van der Waals surface area (Å²) in [5.74, 6) is -0.118. The lowest BCUT2D eigenvalue weighted by molar-refractivity contribution is -0.141. The van der Waals surface area contributed by atoms with Crippen molar-refractivity contribution in [2.75, 3.05) is 6.61 Å². The van der Waals surface area contributed by atoms with Crippen LogP contribution >= 0.6 is 0 Å². The van der Waals surface area contributed by atoms with E-state index in [-0.39, 0.29) is 22.7 Å². The summed E-state index contributed by atoms with van der Waals surface area (Å²) >= 11 is 0. The predicted molar refractivity (Wildman–Crippen MR) is 108 cm³/mol. The number of ether oxygens (including phenoxy) is 1. The molecule has 26 heavy (non-hydrogen) atoms. The van der Waals surface area contributed by atoms with E-state index in [0.29, 0.717) is 6.61 Å². The summed E-state index contributed by atoms with van der Waals surface area (Å²) in [5.41, 5.74) is 7.90. The molecule has 138 valence electrons. The standard InChI is InChI=1S/C24H30O2/c1-15(25)26-14-22-20-12-16(23(2,3)4)8-10-18(20)19-11-9-17(13-21(19)22)24(5,6)7/h8-13,22H,14H2,1-7H3. The first-order chi connectivity index (χ1) is 12.0. The maximum absolute atomic E-state index is 11.5. The molecular formula is C24H30O2. The molecule has 1 aliphatic carbocycles. The highest BCUT2D eigenvalue weighted by Crippen LogP contribution is 2.47. The molecule has 2 aromatic carbocycles. The number of rotatable bonds is 2. The third-order valence-corrected chi connectivity index (χ3v) is 5.33. The van der Waals surface area contributed by atoms with E-state index in [0.717, 1.165) is 0 Å². The monoisotopic (exact) mass is 350 g/mol. The van der Waals surface area contributed by atoms with Crippen molar-refractivity contribution < 1.29 is 9.53 Å². The number of esters is 1. The van der Waals surface area contributed by atoms with E-state index in [1.807, 2.05) is 0 Å². The molecule has 0 bridgehead atoms. The molecule has 1 aliphatic rings. The van der Waals surface area contributed by atoms with Gasteiger partial charge in [-0.25, -0.2) is 0 Å². The molecule has 2 heteroatoms. The molecule has 0 saturated carbocycles. The van der Waals surface area contributed by atoms with Crippen LogP contribution in [0.1, 0.15) is 76.6 Å². The molecule has 3 rings (SSSR count). The van der Waals surface area contributed by atoms with Gasteiger partial charge in [-0.15, -0.1) is 0 Å². The molecule has 0 aromatic heterocycles. The van der Waals surface area contributed by atoms with Gasteiger partial charge in [0.15, 0.2) is 0 Å². The van der Waals surface area contributed by atoms with E-state index in [9.17, 15) is 4.79 Å². The molecule has 0 radical (unpaired) electrons. The molecule has 0 amide bonds. The maximum atomic E-state index is 11.5. The van der Waals surface area contributed by atoms with Crippen LogP contribution in [0.25, 0.3) is 11.1 Å². The van der Waals surface area contributed by atoms with Crippen LogP contribution in [0.3, 0.4) is 0 Å². The third-order valence-electron chi connectivity index (χ3n) is 5.33. The Hall–Kier alpha value is -2.09. The minimum Gasteiger partial charge on any atom is -0.465 e. The van der Waals surface area contributed by atoms with Crippen LogP contribution in [0.5, 0.6) is 0 Å². The summed E-state index contributed by atoms with van der Waals surface area (Å²) in [6.45, 7) is 15.3. The van der Waals surface area contributed by atoms with Gasteiger partial charge in [-0.05, 0) is 44.2 Å². The van der Waals surface area contributed by atoms with E-state index >= 15 is 0 Å². The molecule has 0 unspecified atom stereocenters. The zero-order chi connectivity index (χ0) is 19.3. The summed E-state index contributed by atoms with van der Waals surface area (Å²) < 4.78 is 5.45. The van der Waals surface area contributed by atoms with E-state index < -0.39 is 0 Å². The van der Waals surface area contributed by atoms with Crippen molar-refractivity contribution in [3.63, 3.8) is 0 Å². The molecular weight excluding hydrogens is 320 g/mol. The van der Waals surface area contributed by atoms with Crippen LogP contribution in [0.2, 0.25) is 0 Å². The van der Waals surface area contributed by atoms with Crippen LogP contribution in [-0.4, -0.2) is 12.6 Å². The average Bonchev–Trinajstić information content (AvgIpc) is 2.83. The number of benzene rings is 2. The second-order valence-corrected chi connectivity index (χ2v) is 9.46. The third kappa shape index (κ3) is 3.42. The Morgan fingerprint density at radius 3 is 1.62 bits per heavy atom. The Kier molecular flexibility index (Phi) is 4.50. The SMILES string of the molecule is CC(=O)OCC1c2cc(C(C)(C)C)ccc2-c2ccc(C(C)(C)C)cc21. The molecule has 0 N–H and O–H groups in total. The van der Waals surface area contributed by atoms with Crippen LogP contribution in [0, 0.1) is 0 Å². The van der Waals surface area contributed by atoms with Crippen molar-refractivity contribution >= 4 is 5.97 Å². The van der Waals surface area contributed by atoms with Crippen molar-refractivity contribution in [1.82, 2.24) is 0 Å². The Morgan fingerprint density at radius 2 is 1.27 bits per heavy atom. The quantitative estimate of drug-likeness (QED) is 0.625. The van der Waals surface area contributed by atoms with Crippen molar-refractivity contribution in [2.45, 2.75) is 65.2 Å². The number of hydrogen-bond donors (Lipinski definition) is 0. The van der Waals surface area contributed by atoms with E-state index in [1.165, 1.54) is 40.3 Å². The van der Waals surface area contributed by atoms with Crippen LogP contribution in [0.4, 0.5) is 0 Å². The van der Waals surface area contributed by atoms with Gasteiger partial charge >= 0.3 is 5.97 Å². The average molecular weight is 351 g/mol. The highest BCUT2D eigenvalue weighted by atomic mass is 16.5. The molecule has 0 spiro atoms. The van der Waals surface area contributed by atoms with E-state index in [1.54, 1.807) is 0 Å². The van der Waals surface area contributed by atoms with Gasteiger partial charge in [0.25, 0.3) is 0 Å². The van der Waals surface area contributed by atoms with Crippen molar-refractivity contribution in [3.8, 4) is 11.1 Å². The largest absolute Gasteiger partial charge is 0.465 e. The molecule has 0 atom stereocenters. The molecule has 2 nitrogen and oxygen atoms in total. The maximum Gasteiger partial charge on any atom is 0.302 e. The van der Waals surface area contributed by atoms with Crippen LogP contribution in [-0.2, 0) is 20.4 Å². The Bertz CT molecular complexity index is 784. The molecule has 0 aliphatic heterocycles. The summed E-state index contributed by atoms with van der Waals surface area (Å²) in [7, 11) is 0.